The Bertz CT molecular complexity index is 931. The van der Waals surface area contributed by atoms with Gasteiger partial charge in [0.15, 0.2) is 6.10 Å². The van der Waals surface area contributed by atoms with E-state index in [1.165, 1.54) is 0 Å². The minimum absolute atomic E-state index is 0.0633. The Morgan fingerprint density at radius 2 is 1.55 bits per heavy atom. The Kier molecular flexibility index (Phi) is 6.91. The quantitative estimate of drug-likeness (QED) is 0.512. The Morgan fingerprint density at radius 1 is 1.00 bits per heavy atom. The van der Waals surface area contributed by atoms with Gasteiger partial charge in [-0.05, 0) is 29.2 Å². The molecule has 2 aromatic carbocycles. The third kappa shape index (κ3) is 5.03. The van der Waals surface area contributed by atoms with Crippen LogP contribution in [0.1, 0.15) is 30.9 Å². The van der Waals surface area contributed by atoms with E-state index in [-0.39, 0.29) is 12.5 Å². The number of aliphatic hydroxyl groups excluding tert-OH is 1. The van der Waals surface area contributed by atoms with Crippen LogP contribution in [0.2, 0.25) is 0 Å². The standard InChI is InChI=1S/C23H26N2O6/c1-13(21(27)24-11-20(26)22(28)29)14(2)25-23(30)31-12-19-17-9-5-3-7-15(17)16-8-4-6-10-18(16)19/h3-10,13-14,19-20,26H,11-12H2,1-2H3,(H,24,27)(H,25,30)(H,28,29)/t13?,14?,20-/m0/s1. The molecule has 2 aromatic rings. The summed E-state index contributed by atoms with van der Waals surface area (Å²) in [7, 11) is 0. The normalized spacial score (nSPS) is 15.2. The molecule has 0 heterocycles. The lowest BCUT2D eigenvalue weighted by Crippen LogP contribution is -2.46. The molecular weight excluding hydrogens is 400 g/mol. The molecule has 0 fully saturated rings. The van der Waals surface area contributed by atoms with Crippen LogP contribution in [0.25, 0.3) is 11.1 Å². The number of benzene rings is 2. The molecule has 3 atom stereocenters. The van der Waals surface area contributed by atoms with E-state index >= 15 is 0 Å². The summed E-state index contributed by atoms with van der Waals surface area (Å²) >= 11 is 0. The van der Waals surface area contributed by atoms with Crippen molar-refractivity contribution in [1.29, 1.82) is 0 Å². The van der Waals surface area contributed by atoms with Gasteiger partial charge in [0.25, 0.3) is 0 Å². The lowest BCUT2D eigenvalue weighted by atomic mass is 9.98. The number of aliphatic hydroxyl groups is 1. The summed E-state index contributed by atoms with van der Waals surface area (Å²) in [6.07, 6.45) is -2.32. The first-order valence-electron chi connectivity index (χ1n) is 10.1. The maximum absolute atomic E-state index is 12.3. The van der Waals surface area contributed by atoms with Crippen LogP contribution in [0, 0.1) is 5.92 Å². The molecule has 0 aliphatic heterocycles. The van der Waals surface area contributed by atoms with Crippen LogP contribution in [0.15, 0.2) is 48.5 Å². The maximum atomic E-state index is 12.3. The number of aliphatic carboxylic acids is 1. The summed E-state index contributed by atoms with van der Waals surface area (Å²) in [5.41, 5.74) is 4.48. The molecular formula is C23H26N2O6. The smallest absolute Gasteiger partial charge is 0.407 e. The summed E-state index contributed by atoms with van der Waals surface area (Å²) in [6.45, 7) is 3.00. The zero-order valence-corrected chi connectivity index (χ0v) is 17.4. The summed E-state index contributed by atoms with van der Waals surface area (Å²) in [6, 6.07) is 15.5. The second-order valence-electron chi connectivity index (χ2n) is 7.65. The van der Waals surface area contributed by atoms with E-state index in [9.17, 15) is 19.5 Å². The molecule has 2 unspecified atom stereocenters. The first kappa shape index (κ1) is 22.3. The van der Waals surface area contributed by atoms with Crippen LogP contribution in [0.4, 0.5) is 4.79 Å². The van der Waals surface area contributed by atoms with E-state index in [4.69, 9.17) is 9.84 Å². The molecule has 8 heteroatoms. The molecule has 0 spiro atoms. The van der Waals surface area contributed by atoms with E-state index in [2.05, 4.69) is 22.8 Å². The molecule has 3 rings (SSSR count). The number of hydrogen-bond acceptors (Lipinski definition) is 5. The summed E-state index contributed by atoms with van der Waals surface area (Å²) < 4.78 is 5.47. The van der Waals surface area contributed by atoms with Crippen LogP contribution in [0.3, 0.4) is 0 Å². The van der Waals surface area contributed by atoms with Crippen molar-refractivity contribution in [1.82, 2.24) is 10.6 Å². The average molecular weight is 426 g/mol. The summed E-state index contributed by atoms with van der Waals surface area (Å²) in [5.74, 6) is -2.61. The molecule has 31 heavy (non-hydrogen) atoms. The van der Waals surface area contributed by atoms with Crippen molar-refractivity contribution in [3.63, 3.8) is 0 Å². The molecule has 0 aromatic heterocycles. The Balaban J connectivity index is 1.54. The van der Waals surface area contributed by atoms with Gasteiger partial charge in [-0.3, -0.25) is 4.79 Å². The van der Waals surface area contributed by atoms with Crippen LogP contribution in [0.5, 0.6) is 0 Å². The molecule has 164 valence electrons. The van der Waals surface area contributed by atoms with E-state index in [1.807, 2.05) is 36.4 Å². The van der Waals surface area contributed by atoms with E-state index < -0.39 is 42.6 Å². The average Bonchev–Trinajstić information content (AvgIpc) is 3.08. The van der Waals surface area contributed by atoms with Crippen molar-refractivity contribution >= 4 is 18.0 Å². The van der Waals surface area contributed by atoms with Crippen LogP contribution in [-0.2, 0) is 14.3 Å². The van der Waals surface area contributed by atoms with Crippen LogP contribution < -0.4 is 10.6 Å². The monoisotopic (exact) mass is 426 g/mol. The highest BCUT2D eigenvalue weighted by Gasteiger charge is 2.29. The molecule has 0 saturated carbocycles. The maximum Gasteiger partial charge on any atom is 0.407 e. The lowest BCUT2D eigenvalue weighted by molar-refractivity contribution is -0.146. The van der Waals surface area contributed by atoms with Gasteiger partial charge in [-0.25, -0.2) is 9.59 Å². The third-order valence-electron chi connectivity index (χ3n) is 5.61. The topological polar surface area (TPSA) is 125 Å². The first-order chi connectivity index (χ1) is 14.8. The highest BCUT2D eigenvalue weighted by molar-refractivity contribution is 5.81. The van der Waals surface area contributed by atoms with E-state index in [0.29, 0.717) is 0 Å². The van der Waals surface area contributed by atoms with Gasteiger partial charge in [-0.15, -0.1) is 0 Å². The zero-order chi connectivity index (χ0) is 22.5. The molecule has 2 amide bonds. The van der Waals surface area contributed by atoms with Crippen molar-refractivity contribution in [2.24, 2.45) is 5.92 Å². The number of carbonyl (C=O) groups excluding carboxylic acids is 2. The van der Waals surface area contributed by atoms with Gasteiger partial charge in [0, 0.05) is 12.0 Å². The van der Waals surface area contributed by atoms with Gasteiger partial charge in [0.1, 0.15) is 6.61 Å². The van der Waals surface area contributed by atoms with E-state index in [0.717, 1.165) is 22.3 Å². The minimum Gasteiger partial charge on any atom is -0.479 e. The van der Waals surface area contributed by atoms with Gasteiger partial charge in [0.05, 0.1) is 12.5 Å². The molecule has 1 aliphatic carbocycles. The predicted molar refractivity (Wildman–Crippen MR) is 113 cm³/mol. The Morgan fingerprint density at radius 3 is 2.10 bits per heavy atom. The number of hydrogen-bond donors (Lipinski definition) is 4. The molecule has 0 bridgehead atoms. The SMILES string of the molecule is CC(NC(=O)OCC1c2ccccc2-c2ccccc21)C(C)C(=O)NC[C@H](O)C(=O)O. The van der Waals surface area contributed by atoms with Crippen molar-refractivity contribution in [3.05, 3.63) is 59.7 Å². The Labute approximate surface area is 180 Å². The molecule has 0 saturated heterocycles. The fourth-order valence-electron chi connectivity index (χ4n) is 3.62. The molecule has 8 nitrogen and oxygen atoms in total. The molecule has 4 N–H and O–H groups in total. The predicted octanol–water partition coefficient (Wildman–Crippen LogP) is 2.11. The van der Waals surface area contributed by atoms with Gasteiger partial charge in [-0.2, -0.15) is 0 Å². The van der Waals surface area contributed by atoms with E-state index in [1.54, 1.807) is 13.8 Å². The van der Waals surface area contributed by atoms with Crippen LogP contribution in [-0.4, -0.2) is 53.5 Å². The number of ether oxygens (including phenoxy) is 1. The number of rotatable bonds is 8. The highest BCUT2D eigenvalue weighted by Crippen LogP contribution is 2.44. The van der Waals surface area contributed by atoms with Gasteiger partial charge < -0.3 is 25.6 Å². The molecule has 0 radical (unpaired) electrons. The highest BCUT2D eigenvalue weighted by atomic mass is 16.5. The summed E-state index contributed by atoms with van der Waals surface area (Å²) in [5, 5.41) is 22.9. The second kappa shape index (κ2) is 9.61. The summed E-state index contributed by atoms with van der Waals surface area (Å²) in [4.78, 5) is 35.1. The van der Waals surface area contributed by atoms with Crippen molar-refractivity contribution in [2.75, 3.05) is 13.2 Å². The number of fused-ring (bicyclic) bond motifs is 3. The van der Waals surface area contributed by atoms with Crippen molar-refractivity contribution in [3.8, 4) is 11.1 Å². The van der Waals surface area contributed by atoms with Gasteiger partial charge >= 0.3 is 12.1 Å². The van der Waals surface area contributed by atoms with Crippen LogP contribution >= 0.6 is 0 Å². The number of alkyl carbamates (subject to hydrolysis) is 1. The van der Waals surface area contributed by atoms with Crippen molar-refractivity contribution in [2.45, 2.75) is 31.9 Å². The largest absolute Gasteiger partial charge is 0.479 e. The number of carboxylic acid groups (broad SMARTS) is 1. The van der Waals surface area contributed by atoms with Crippen molar-refractivity contribution < 1.29 is 29.3 Å². The Hall–Kier alpha value is -3.39. The third-order valence-corrected chi connectivity index (χ3v) is 5.61. The van der Waals surface area contributed by atoms with Gasteiger partial charge in [-0.1, -0.05) is 55.5 Å². The zero-order valence-electron chi connectivity index (χ0n) is 17.4. The first-order valence-corrected chi connectivity index (χ1v) is 10.1. The second-order valence-corrected chi connectivity index (χ2v) is 7.65. The number of amides is 2. The number of nitrogens with one attached hydrogen (secondary N) is 2. The lowest BCUT2D eigenvalue weighted by Gasteiger charge is -2.21. The minimum atomic E-state index is -1.68. The van der Waals surface area contributed by atoms with Gasteiger partial charge in [0.2, 0.25) is 5.91 Å². The number of carboxylic acids is 1. The fraction of sp³-hybridized carbons (Fsp3) is 0.348. The molecule has 1 aliphatic rings. The fourth-order valence-corrected chi connectivity index (χ4v) is 3.62. The number of carbonyl (C=O) groups is 3.